The number of hydrogen-bond donors (Lipinski definition) is 2. The van der Waals surface area contributed by atoms with Crippen molar-refractivity contribution in [3.05, 3.63) is 93.5 Å². The van der Waals surface area contributed by atoms with E-state index in [0.29, 0.717) is 10.5 Å². The first-order valence-corrected chi connectivity index (χ1v) is 9.40. The summed E-state index contributed by atoms with van der Waals surface area (Å²) < 4.78 is 0. The molecule has 146 valence electrons. The van der Waals surface area contributed by atoms with Crippen LogP contribution in [0.4, 0.5) is 5.69 Å². The first kappa shape index (κ1) is 20.1. The highest BCUT2D eigenvalue weighted by molar-refractivity contribution is 7.99. The molecule has 2 N–H and O–H groups in total. The van der Waals surface area contributed by atoms with Crippen LogP contribution in [0.2, 0.25) is 0 Å². The molecule has 1 amide bonds. The molecule has 0 fully saturated rings. The predicted molar refractivity (Wildman–Crippen MR) is 112 cm³/mol. The van der Waals surface area contributed by atoms with Crippen LogP contribution in [0, 0.1) is 17.0 Å². The Balaban J connectivity index is 1.75. The Kier molecular flexibility index (Phi) is 6.25. The third-order valence-corrected chi connectivity index (χ3v) is 5.03. The zero-order valence-electron chi connectivity index (χ0n) is 15.4. The van der Waals surface area contributed by atoms with Gasteiger partial charge in [0.25, 0.3) is 11.6 Å². The van der Waals surface area contributed by atoms with E-state index in [-0.39, 0.29) is 17.0 Å². The van der Waals surface area contributed by atoms with Gasteiger partial charge >= 0.3 is 0 Å². The minimum absolute atomic E-state index is 0.0495. The van der Waals surface area contributed by atoms with E-state index in [1.807, 2.05) is 31.2 Å². The number of benzene rings is 3. The van der Waals surface area contributed by atoms with Gasteiger partial charge in [-0.1, -0.05) is 47.7 Å². The number of phenols is 1. The Morgan fingerprint density at radius 3 is 2.55 bits per heavy atom. The second-order valence-electron chi connectivity index (χ2n) is 6.12. The maximum absolute atomic E-state index is 12.0. The van der Waals surface area contributed by atoms with Crippen molar-refractivity contribution < 1.29 is 14.8 Å². The van der Waals surface area contributed by atoms with Crippen molar-refractivity contribution in [2.75, 3.05) is 0 Å². The van der Waals surface area contributed by atoms with Gasteiger partial charge in [-0.3, -0.25) is 14.9 Å². The average Bonchev–Trinajstić information content (AvgIpc) is 2.70. The molecule has 0 heterocycles. The molecular weight excluding hydrogens is 390 g/mol. The number of hydrogen-bond acceptors (Lipinski definition) is 6. The third-order valence-electron chi connectivity index (χ3n) is 3.96. The Morgan fingerprint density at radius 2 is 1.86 bits per heavy atom. The van der Waals surface area contributed by atoms with Gasteiger partial charge < -0.3 is 5.11 Å². The van der Waals surface area contributed by atoms with Crippen LogP contribution >= 0.6 is 11.8 Å². The summed E-state index contributed by atoms with van der Waals surface area (Å²) in [5, 5.41) is 25.0. The van der Waals surface area contributed by atoms with Gasteiger partial charge in [-0.25, -0.2) is 5.43 Å². The predicted octanol–water partition coefficient (Wildman–Crippen LogP) is 4.52. The lowest BCUT2D eigenvalue weighted by Gasteiger charge is -2.05. The van der Waals surface area contributed by atoms with Crippen LogP contribution in [0.3, 0.4) is 0 Å². The summed E-state index contributed by atoms with van der Waals surface area (Å²) in [6, 6.07) is 18.5. The Morgan fingerprint density at radius 1 is 1.14 bits per heavy atom. The van der Waals surface area contributed by atoms with E-state index in [9.17, 15) is 20.0 Å². The summed E-state index contributed by atoms with van der Waals surface area (Å²) in [7, 11) is 0. The molecule has 0 radical (unpaired) electrons. The van der Waals surface area contributed by atoms with Gasteiger partial charge in [-0.2, -0.15) is 5.10 Å². The maximum atomic E-state index is 12.0. The van der Waals surface area contributed by atoms with Crippen LogP contribution in [0.1, 0.15) is 21.5 Å². The zero-order chi connectivity index (χ0) is 20.8. The summed E-state index contributed by atoms with van der Waals surface area (Å²) in [5.41, 5.74) is 3.90. The fraction of sp³-hybridized carbons (Fsp3) is 0.0476. The molecule has 0 saturated carbocycles. The number of nitrogens with zero attached hydrogens (tertiary/aromatic N) is 2. The van der Waals surface area contributed by atoms with Crippen molar-refractivity contribution in [1.82, 2.24) is 5.43 Å². The maximum Gasteiger partial charge on any atom is 0.283 e. The quantitative estimate of drug-likeness (QED) is 0.355. The normalized spacial score (nSPS) is 10.8. The van der Waals surface area contributed by atoms with Gasteiger partial charge in [0.05, 0.1) is 21.6 Å². The van der Waals surface area contributed by atoms with Crippen LogP contribution in [0.15, 0.2) is 81.6 Å². The van der Waals surface area contributed by atoms with Gasteiger partial charge in [-0.05, 0) is 37.3 Å². The average molecular weight is 407 g/mol. The number of nitro benzene ring substituents is 1. The number of nitrogens with one attached hydrogen (secondary N) is 1. The largest absolute Gasteiger partial charge is 0.507 e. The minimum atomic E-state index is -0.583. The monoisotopic (exact) mass is 407 g/mol. The van der Waals surface area contributed by atoms with Crippen molar-refractivity contribution >= 4 is 29.6 Å². The van der Waals surface area contributed by atoms with Crippen LogP contribution in [0.5, 0.6) is 5.75 Å². The van der Waals surface area contributed by atoms with Crippen LogP contribution in [-0.2, 0) is 0 Å². The molecule has 3 rings (SSSR count). The van der Waals surface area contributed by atoms with E-state index in [0.717, 1.165) is 10.5 Å². The Bertz CT molecular complexity index is 1080. The molecule has 0 aliphatic heterocycles. The smallest absolute Gasteiger partial charge is 0.283 e. The first-order chi connectivity index (χ1) is 13.9. The lowest BCUT2D eigenvalue weighted by Crippen LogP contribution is -2.17. The second-order valence-corrected chi connectivity index (χ2v) is 7.23. The highest BCUT2D eigenvalue weighted by atomic mass is 32.2. The Labute approximate surface area is 171 Å². The molecule has 3 aromatic rings. The first-order valence-electron chi connectivity index (χ1n) is 8.58. The lowest BCUT2D eigenvalue weighted by molar-refractivity contribution is -0.387. The van der Waals surface area contributed by atoms with Gasteiger partial charge in [0.2, 0.25) is 0 Å². The fourth-order valence-corrected chi connectivity index (χ4v) is 3.37. The lowest BCUT2D eigenvalue weighted by atomic mass is 10.2. The third kappa shape index (κ3) is 5.20. The van der Waals surface area contributed by atoms with Gasteiger partial charge in [0, 0.05) is 16.5 Å². The summed E-state index contributed by atoms with van der Waals surface area (Å²) in [6.07, 6.45) is 1.31. The molecule has 29 heavy (non-hydrogen) atoms. The van der Waals surface area contributed by atoms with E-state index >= 15 is 0 Å². The van der Waals surface area contributed by atoms with E-state index < -0.39 is 10.8 Å². The highest BCUT2D eigenvalue weighted by Crippen LogP contribution is 2.35. The van der Waals surface area contributed by atoms with Crippen LogP contribution < -0.4 is 5.43 Å². The number of aromatic hydroxyl groups is 1. The van der Waals surface area contributed by atoms with Crippen molar-refractivity contribution in [3.63, 3.8) is 0 Å². The molecule has 0 spiro atoms. The molecule has 0 aliphatic carbocycles. The molecule has 0 aliphatic rings. The SMILES string of the molecule is Cc1ccc(Sc2ccc(/C=N/NC(=O)c3ccccc3O)cc2[N+](=O)[O-])cc1. The molecule has 8 heteroatoms. The highest BCUT2D eigenvalue weighted by Gasteiger charge is 2.15. The summed E-state index contributed by atoms with van der Waals surface area (Å²) in [6.45, 7) is 1.98. The van der Waals surface area contributed by atoms with Crippen LogP contribution in [-0.4, -0.2) is 22.2 Å². The number of para-hydroxylation sites is 1. The van der Waals surface area contributed by atoms with Gasteiger partial charge in [0.15, 0.2) is 0 Å². The van der Waals surface area contributed by atoms with E-state index in [1.165, 1.54) is 36.2 Å². The molecule has 0 unspecified atom stereocenters. The van der Waals surface area contributed by atoms with Gasteiger partial charge in [-0.15, -0.1) is 0 Å². The van der Waals surface area contributed by atoms with Crippen molar-refractivity contribution in [2.45, 2.75) is 16.7 Å². The number of amides is 1. The zero-order valence-corrected chi connectivity index (χ0v) is 16.2. The molecule has 0 saturated heterocycles. The number of hydrazone groups is 1. The number of phenolic OH excluding ortho intramolecular Hbond substituents is 1. The topological polar surface area (TPSA) is 105 Å². The number of nitro groups is 1. The Hall–Kier alpha value is -3.65. The van der Waals surface area contributed by atoms with Crippen molar-refractivity contribution in [1.29, 1.82) is 0 Å². The number of aryl methyl sites for hydroxylation is 1. The molecule has 7 nitrogen and oxygen atoms in total. The molecular formula is C21H17N3O4S. The molecule has 0 aromatic heterocycles. The molecule has 0 bridgehead atoms. The number of carbonyl (C=O) groups is 1. The summed E-state index contributed by atoms with van der Waals surface area (Å²) >= 11 is 1.30. The van der Waals surface area contributed by atoms with Crippen molar-refractivity contribution in [3.8, 4) is 5.75 Å². The molecule has 3 aromatic carbocycles. The van der Waals surface area contributed by atoms with E-state index in [4.69, 9.17) is 0 Å². The van der Waals surface area contributed by atoms with E-state index in [2.05, 4.69) is 10.5 Å². The fourth-order valence-electron chi connectivity index (χ4n) is 2.47. The van der Waals surface area contributed by atoms with Gasteiger partial charge in [0.1, 0.15) is 5.75 Å². The summed E-state index contributed by atoms with van der Waals surface area (Å²) in [4.78, 5) is 24.4. The minimum Gasteiger partial charge on any atom is -0.507 e. The van der Waals surface area contributed by atoms with E-state index in [1.54, 1.807) is 24.3 Å². The van der Waals surface area contributed by atoms with Crippen LogP contribution in [0.25, 0.3) is 0 Å². The number of carbonyl (C=O) groups excluding carboxylic acids is 1. The molecule has 0 atom stereocenters. The number of rotatable bonds is 6. The second kappa shape index (κ2) is 9.03. The standard InChI is InChI=1S/C21H17N3O4S/c1-14-6-9-16(10-7-14)29-20-11-8-15(12-18(20)24(27)28)13-22-23-21(26)17-4-2-3-5-19(17)25/h2-13,25H,1H3,(H,23,26)/b22-13+. The van der Waals surface area contributed by atoms with Crippen molar-refractivity contribution in [2.24, 2.45) is 5.10 Å². The summed E-state index contributed by atoms with van der Waals surface area (Å²) in [5.74, 6) is -0.742.